The molecular formula is C17H20Cl2N3O3+. The molecule has 0 aliphatic heterocycles. The molecular weight excluding hydrogens is 365 g/mol. The van der Waals surface area contributed by atoms with Gasteiger partial charge >= 0.3 is 0 Å². The molecule has 2 amide bonds. The molecule has 6 nitrogen and oxygen atoms in total. The smallest absolute Gasteiger partial charge is 0.277 e. The lowest BCUT2D eigenvalue weighted by Crippen LogP contribution is -3.08. The van der Waals surface area contributed by atoms with Crippen LogP contribution in [0.15, 0.2) is 41.0 Å². The lowest BCUT2D eigenvalue weighted by molar-refractivity contribution is -0.886. The summed E-state index contributed by atoms with van der Waals surface area (Å²) in [5.74, 6) is 0.372. The largest absolute Gasteiger partial charge is 0.463 e. The second-order valence-corrected chi connectivity index (χ2v) is 6.63. The minimum absolute atomic E-state index is 0.0485. The Morgan fingerprint density at radius 2 is 2.00 bits per heavy atom. The zero-order valence-electron chi connectivity index (χ0n) is 14.0. The highest BCUT2D eigenvalue weighted by molar-refractivity contribution is 6.42. The van der Waals surface area contributed by atoms with E-state index in [1.807, 2.05) is 19.2 Å². The summed E-state index contributed by atoms with van der Waals surface area (Å²) in [5, 5.41) is 3.45. The number of hydrogen-bond donors (Lipinski definition) is 2. The molecule has 0 aliphatic rings. The molecule has 1 heterocycles. The number of nitrogens with zero attached hydrogens (tertiary/aromatic N) is 1. The SMILES string of the molecule is CN(CC(=O)Nc1ccc(Cl)c(Cl)c1)C(=O)C[NH+](C)Cc1ccco1. The first-order valence-electron chi connectivity index (χ1n) is 7.67. The van der Waals surface area contributed by atoms with Gasteiger partial charge in [0, 0.05) is 12.7 Å². The van der Waals surface area contributed by atoms with Gasteiger partial charge in [0.2, 0.25) is 5.91 Å². The fourth-order valence-electron chi connectivity index (χ4n) is 2.24. The monoisotopic (exact) mass is 384 g/mol. The van der Waals surface area contributed by atoms with E-state index in [4.69, 9.17) is 27.6 Å². The first kappa shape index (κ1) is 19.3. The van der Waals surface area contributed by atoms with Crippen molar-refractivity contribution in [2.24, 2.45) is 0 Å². The maximum Gasteiger partial charge on any atom is 0.277 e. The summed E-state index contributed by atoms with van der Waals surface area (Å²) in [6, 6.07) is 8.48. The van der Waals surface area contributed by atoms with E-state index in [-0.39, 0.29) is 24.9 Å². The molecule has 0 saturated heterocycles. The lowest BCUT2D eigenvalue weighted by Gasteiger charge is -2.19. The van der Waals surface area contributed by atoms with Crippen molar-refractivity contribution in [3.05, 3.63) is 52.4 Å². The molecule has 0 fully saturated rings. The normalized spacial score (nSPS) is 11.8. The standard InChI is InChI=1S/C17H19Cl2N3O3/c1-21(9-13-4-3-7-25-13)11-17(24)22(2)10-16(23)20-12-5-6-14(18)15(19)8-12/h3-8H,9-11H2,1-2H3,(H,20,23)/p+1. The summed E-state index contributed by atoms with van der Waals surface area (Å²) in [4.78, 5) is 26.6. The van der Waals surface area contributed by atoms with Crippen LogP contribution in [-0.2, 0) is 16.1 Å². The van der Waals surface area contributed by atoms with Crippen LogP contribution in [0.5, 0.6) is 0 Å². The highest BCUT2D eigenvalue weighted by Gasteiger charge is 2.18. The molecule has 0 saturated carbocycles. The minimum Gasteiger partial charge on any atom is -0.463 e. The van der Waals surface area contributed by atoms with Crippen molar-refractivity contribution < 1.29 is 18.9 Å². The molecule has 1 unspecified atom stereocenters. The summed E-state index contributed by atoms with van der Waals surface area (Å²) in [6.07, 6.45) is 1.60. The van der Waals surface area contributed by atoms with Crippen molar-refractivity contribution in [1.29, 1.82) is 0 Å². The van der Waals surface area contributed by atoms with Gasteiger partial charge in [-0.1, -0.05) is 23.2 Å². The van der Waals surface area contributed by atoms with Crippen LogP contribution in [0.4, 0.5) is 5.69 Å². The van der Waals surface area contributed by atoms with Crippen molar-refractivity contribution >= 4 is 40.7 Å². The van der Waals surface area contributed by atoms with Crippen LogP contribution in [-0.4, -0.2) is 43.9 Å². The first-order chi connectivity index (χ1) is 11.8. The molecule has 1 atom stereocenters. The van der Waals surface area contributed by atoms with Gasteiger partial charge in [-0.2, -0.15) is 0 Å². The Kier molecular flexibility index (Phi) is 6.87. The van der Waals surface area contributed by atoms with Crippen LogP contribution in [0.2, 0.25) is 10.0 Å². The molecule has 25 heavy (non-hydrogen) atoms. The predicted molar refractivity (Wildman–Crippen MR) is 96.9 cm³/mol. The highest BCUT2D eigenvalue weighted by atomic mass is 35.5. The lowest BCUT2D eigenvalue weighted by atomic mass is 10.3. The van der Waals surface area contributed by atoms with Gasteiger partial charge in [0.25, 0.3) is 5.91 Å². The van der Waals surface area contributed by atoms with Gasteiger partial charge in [0.1, 0.15) is 6.54 Å². The highest BCUT2D eigenvalue weighted by Crippen LogP contribution is 2.24. The number of hydrogen-bond acceptors (Lipinski definition) is 3. The molecule has 0 aliphatic carbocycles. The Bertz CT molecular complexity index is 735. The van der Waals surface area contributed by atoms with Crippen LogP contribution in [0.1, 0.15) is 5.76 Å². The molecule has 1 aromatic carbocycles. The van der Waals surface area contributed by atoms with E-state index < -0.39 is 0 Å². The zero-order chi connectivity index (χ0) is 18.4. The van der Waals surface area contributed by atoms with Gasteiger partial charge in [0.05, 0.1) is 29.9 Å². The van der Waals surface area contributed by atoms with Gasteiger partial charge in [-0.3, -0.25) is 9.59 Å². The van der Waals surface area contributed by atoms with Crippen LogP contribution in [0.25, 0.3) is 0 Å². The summed E-state index contributed by atoms with van der Waals surface area (Å²) < 4.78 is 5.27. The number of furan rings is 1. The number of benzene rings is 1. The maximum absolute atomic E-state index is 12.2. The Labute approximate surface area is 156 Å². The van der Waals surface area contributed by atoms with E-state index in [2.05, 4.69) is 5.32 Å². The third-order valence-corrected chi connectivity index (χ3v) is 4.26. The number of likely N-dealkylation sites (N-methyl/N-ethyl adjacent to an activating group) is 2. The van der Waals surface area contributed by atoms with Crippen molar-refractivity contribution in [2.45, 2.75) is 6.54 Å². The molecule has 2 N–H and O–H groups in total. The summed E-state index contributed by atoms with van der Waals surface area (Å²) >= 11 is 11.7. The summed E-state index contributed by atoms with van der Waals surface area (Å²) in [5.41, 5.74) is 0.529. The molecule has 0 spiro atoms. The van der Waals surface area contributed by atoms with Crippen LogP contribution in [0, 0.1) is 0 Å². The molecule has 8 heteroatoms. The van der Waals surface area contributed by atoms with Gasteiger partial charge in [-0.05, 0) is 30.3 Å². The second-order valence-electron chi connectivity index (χ2n) is 5.82. The Morgan fingerprint density at radius 3 is 2.64 bits per heavy atom. The molecule has 134 valence electrons. The van der Waals surface area contributed by atoms with E-state index in [0.717, 1.165) is 10.7 Å². The number of halogens is 2. The average Bonchev–Trinajstić information content (AvgIpc) is 3.03. The van der Waals surface area contributed by atoms with E-state index in [1.54, 1.807) is 31.5 Å². The first-order valence-corrected chi connectivity index (χ1v) is 8.43. The summed E-state index contributed by atoms with van der Waals surface area (Å²) in [7, 11) is 3.49. The number of rotatable bonds is 7. The van der Waals surface area contributed by atoms with E-state index in [1.165, 1.54) is 4.90 Å². The quantitative estimate of drug-likeness (QED) is 0.763. The fourth-order valence-corrected chi connectivity index (χ4v) is 2.54. The topological polar surface area (TPSA) is 67.0 Å². The maximum atomic E-state index is 12.2. The third kappa shape index (κ3) is 6.08. The zero-order valence-corrected chi connectivity index (χ0v) is 15.5. The molecule has 0 radical (unpaired) electrons. The van der Waals surface area contributed by atoms with Gasteiger partial charge in [0.15, 0.2) is 12.3 Å². The third-order valence-electron chi connectivity index (χ3n) is 3.52. The fraction of sp³-hybridized carbons (Fsp3) is 0.294. The average molecular weight is 385 g/mol. The van der Waals surface area contributed by atoms with E-state index >= 15 is 0 Å². The van der Waals surface area contributed by atoms with Crippen molar-refractivity contribution in [1.82, 2.24) is 4.90 Å². The van der Waals surface area contributed by atoms with E-state index in [9.17, 15) is 9.59 Å². The van der Waals surface area contributed by atoms with Gasteiger partial charge in [-0.15, -0.1) is 0 Å². The van der Waals surface area contributed by atoms with Crippen molar-refractivity contribution in [2.75, 3.05) is 32.5 Å². The molecule has 0 bridgehead atoms. The van der Waals surface area contributed by atoms with Crippen LogP contribution >= 0.6 is 23.2 Å². The van der Waals surface area contributed by atoms with Crippen molar-refractivity contribution in [3.8, 4) is 0 Å². The number of amides is 2. The Balaban J connectivity index is 1.81. The predicted octanol–water partition coefficient (Wildman–Crippen LogP) is 1.70. The summed E-state index contributed by atoms with van der Waals surface area (Å²) in [6.45, 7) is 0.812. The Hall–Kier alpha value is -2.02. The molecule has 1 aromatic heterocycles. The Morgan fingerprint density at radius 1 is 1.24 bits per heavy atom. The number of quaternary nitrogens is 1. The minimum atomic E-state index is -0.307. The van der Waals surface area contributed by atoms with E-state index in [0.29, 0.717) is 22.3 Å². The van der Waals surface area contributed by atoms with Crippen LogP contribution < -0.4 is 10.2 Å². The number of nitrogens with one attached hydrogen (secondary N) is 2. The number of carbonyl (C=O) groups is 2. The van der Waals surface area contributed by atoms with Gasteiger partial charge < -0.3 is 19.5 Å². The van der Waals surface area contributed by atoms with Crippen molar-refractivity contribution in [3.63, 3.8) is 0 Å². The van der Waals surface area contributed by atoms with Crippen LogP contribution in [0.3, 0.4) is 0 Å². The molecule has 2 rings (SSSR count). The molecule has 2 aromatic rings. The number of carbonyl (C=O) groups excluding carboxylic acids is 2. The number of anilines is 1. The van der Waals surface area contributed by atoms with Gasteiger partial charge in [-0.25, -0.2) is 0 Å². The second kappa shape index (κ2) is 8.89.